The van der Waals surface area contributed by atoms with Crippen molar-refractivity contribution >= 4 is 34.5 Å². The standard InChI is InChI=1S/C24H31N9O/c25-18-7-9-19(10-8-18)28-24(34)30-21-11-6-17-16-27-23(31-22(17)29-21)33(20-4-2-1-3-5-20)32-14-12-26-13-15-32/h1-6,11,16,18-19,26H,7-10,12-15,25H2,(H2,27,28,29,30,31,34). The highest BCUT2D eigenvalue weighted by Gasteiger charge is 2.23. The smallest absolute Gasteiger partial charge is 0.320 e. The summed E-state index contributed by atoms with van der Waals surface area (Å²) in [5.41, 5.74) is 7.48. The minimum atomic E-state index is -0.256. The van der Waals surface area contributed by atoms with Crippen LogP contribution in [0.5, 0.6) is 0 Å². The van der Waals surface area contributed by atoms with Crippen molar-refractivity contribution < 1.29 is 4.79 Å². The molecule has 1 aliphatic carbocycles. The number of carbonyl (C=O) groups excluding carboxylic acids is 1. The first-order chi connectivity index (χ1) is 16.7. The molecule has 10 nitrogen and oxygen atoms in total. The van der Waals surface area contributed by atoms with E-state index in [-0.39, 0.29) is 18.1 Å². The topological polar surface area (TPSA) is 124 Å². The van der Waals surface area contributed by atoms with E-state index in [2.05, 4.69) is 30.9 Å². The Morgan fingerprint density at radius 3 is 2.56 bits per heavy atom. The molecule has 1 saturated heterocycles. The summed E-state index contributed by atoms with van der Waals surface area (Å²) in [6.45, 7) is 3.48. The van der Waals surface area contributed by atoms with Gasteiger partial charge < -0.3 is 16.4 Å². The summed E-state index contributed by atoms with van der Waals surface area (Å²) in [4.78, 5) is 26.5. The van der Waals surface area contributed by atoms with Gasteiger partial charge >= 0.3 is 6.03 Å². The van der Waals surface area contributed by atoms with Gasteiger partial charge in [-0.15, -0.1) is 0 Å². The number of benzene rings is 1. The van der Waals surface area contributed by atoms with Gasteiger partial charge in [0.05, 0.1) is 5.69 Å². The van der Waals surface area contributed by atoms with Crippen molar-refractivity contribution in [3.63, 3.8) is 0 Å². The fourth-order valence-corrected chi connectivity index (χ4v) is 4.50. The van der Waals surface area contributed by atoms with Gasteiger partial charge in [-0.2, -0.15) is 4.98 Å². The van der Waals surface area contributed by atoms with Crippen LogP contribution >= 0.6 is 0 Å². The number of nitrogens with two attached hydrogens (primary N) is 1. The highest BCUT2D eigenvalue weighted by atomic mass is 16.2. The number of nitrogens with one attached hydrogen (secondary N) is 3. The number of fused-ring (bicyclic) bond motifs is 1. The van der Waals surface area contributed by atoms with E-state index < -0.39 is 0 Å². The monoisotopic (exact) mass is 461 g/mol. The Morgan fingerprint density at radius 1 is 1.03 bits per heavy atom. The molecule has 5 rings (SSSR count). The minimum Gasteiger partial charge on any atom is -0.335 e. The van der Waals surface area contributed by atoms with Gasteiger partial charge in [0, 0.05) is 49.8 Å². The number of hydrogen-bond acceptors (Lipinski definition) is 8. The normalized spacial score (nSPS) is 21.2. The first-order valence-corrected chi connectivity index (χ1v) is 11.9. The molecule has 2 aromatic heterocycles. The van der Waals surface area contributed by atoms with Crippen molar-refractivity contribution in [2.45, 2.75) is 37.8 Å². The number of rotatable bonds is 5. The molecule has 0 spiro atoms. The molecule has 10 heteroatoms. The number of hydrazine groups is 1. The Balaban J connectivity index is 1.36. The highest BCUT2D eigenvalue weighted by molar-refractivity contribution is 5.90. The molecular formula is C24H31N9O. The van der Waals surface area contributed by atoms with E-state index in [0.717, 1.165) is 62.9 Å². The second-order valence-electron chi connectivity index (χ2n) is 8.84. The molecule has 0 atom stereocenters. The zero-order chi connectivity index (χ0) is 23.3. The van der Waals surface area contributed by atoms with Gasteiger partial charge in [-0.05, 0) is 49.9 Å². The Labute approximate surface area is 198 Å². The Hall–Kier alpha value is -3.34. The fourth-order valence-electron chi connectivity index (χ4n) is 4.50. The van der Waals surface area contributed by atoms with Gasteiger partial charge in [0.1, 0.15) is 5.82 Å². The van der Waals surface area contributed by atoms with E-state index in [1.807, 2.05) is 41.4 Å². The third-order valence-corrected chi connectivity index (χ3v) is 6.35. The molecule has 3 aromatic rings. The van der Waals surface area contributed by atoms with Gasteiger partial charge in [-0.3, -0.25) is 5.32 Å². The largest absolute Gasteiger partial charge is 0.335 e. The van der Waals surface area contributed by atoms with Crippen LogP contribution < -0.4 is 26.7 Å². The summed E-state index contributed by atoms with van der Waals surface area (Å²) in [7, 11) is 0. The number of hydrogen-bond donors (Lipinski definition) is 4. The van der Waals surface area contributed by atoms with E-state index in [0.29, 0.717) is 17.4 Å². The molecule has 3 heterocycles. The van der Waals surface area contributed by atoms with Crippen molar-refractivity contribution in [2.24, 2.45) is 5.73 Å². The zero-order valence-corrected chi connectivity index (χ0v) is 19.2. The van der Waals surface area contributed by atoms with Gasteiger partial charge in [-0.25, -0.2) is 24.8 Å². The van der Waals surface area contributed by atoms with Crippen LogP contribution in [-0.2, 0) is 0 Å². The van der Waals surface area contributed by atoms with Crippen LogP contribution in [0.3, 0.4) is 0 Å². The quantitative estimate of drug-likeness (QED) is 0.457. The lowest BCUT2D eigenvalue weighted by Gasteiger charge is -2.37. The van der Waals surface area contributed by atoms with Crippen molar-refractivity contribution in [1.29, 1.82) is 0 Å². The third kappa shape index (κ3) is 5.24. The maximum absolute atomic E-state index is 12.5. The Bertz CT molecular complexity index is 1110. The molecule has 0 bridgehead atoms. The maximum atomic E-state index is 12.5. The third-order valence-electron chi connectivity index (χ3n) is 6.35. The lowest BCUT2D eigenvalue weighted by atomic mass is 9.92. The van der Waals surface area contributed by atoms with Crippen molar-refractivity contribution in [1.82, 2.24) is 30.6 Å². The molecule has 0 radical (unpaired) electrons. The molecule has 1 saturated carbocycles. The van der Waals surface area contributed by atoms with Crippen LogP contribution in [0.2, 0.25) is 0 Å². The number of pyridine rings is 1. The molecule has 2 amide bonds. The number of carbonyl (C=O) groups is 1. The maximum Gasteiger partial charge on any atom is 0.320 e. The number of amides is 2. The number of nitrogens with zero attached hydrogens (tertiary/aromatic N) is 5. The van der Waals surface area contributed by atoms with E-state index in [9.17, 15) is 4.79 Å². The summed E-state index contributed by atoms with van der Waals surface area (Å²) >= 11 is 0. The summed E-state index contributed by atoms with van der Waals surface area (Å²) < 4.78 is 0. The first kappa shape index (κ1) is 22.5. The minimum absolute atomic E-state index is 0.146. The van der Waals surface area contributed by atoms with Gasteiger partial charge in [-0.1, -0.05) is 18.2 Å². The van der Waals surface area contributed by atoms with Crippen molar-refractivity contribution in [3.05, 3.63) is 48.7 Å². The summed E-state index contributed by atoms with van der Waals surface area (Å²) in [6, 6.07) is 13.9. The lowest BCUT2D eigenvalue weighted by Crippen LogP contribution is -2.51. The SMILES string of the molecule is NC1CCC(NC(=O)Nc2ccc3cnc(N(c4ccccc4)N4CCNCC4)nc3n2)CC1. The van der Waals surface area contributed by atoms with Crippen molar-refractivity contribution in [3.8, 4) is 0 Å². The number of aromatic nitrogens is 3. The number of anilines is 3. The molecule has 178 valence electrons. The molecule has 2 fully saturated rings. The highest BCUT2D eigenvalue weighted by Crippen LogP contribution is 2.26. The van der Waals surface area contributed by atoms with E-state index in [4.69, 9.17) is 10.7 Å². The molecule has 2 aliphatic rings. The predicted octanol–water partition coefficient (Wildman–Crippen LogP) is 2.37. The van der Waals surface area contributed by atoms with E-state index in [1.165, 1.54) is 0 Å². The molecule has 34 heavy (non-hydrogen) atoms. The number of piperazine rings is 1. The summed E-state index contributed by atoms with van der Waals surface area (Å²) in [5.74, 6) is 1.00. The Morgan fingerprint density at radius 2 is 1.79 bits per heavy atom. The lowest BCUT2D eigenvalue weighted by molar-refractivity contribution is 0.240. The molecule has 1 aliphatic heterocycles. The fraction of sp³-hybridized carbons (Fsp3) is 0.417. The molecule has 0 unspecified atom stereocenters. The second-order valence-corrected chi connectivity index (χ2v) is 8.84. The number of para-hydroxylation sites is 1. The van der Waals surface area contributed by atoms with Crippen LogP contribution in [0.25, 0.3) is 11.0 Å². The molecular weight excluding hydrogens is 430 g/mol. The second kappa shape index (κ2) is 10.3. The van der Waals surface area contributed by atoms with Crippen LogP contribution in [0.15, 0.2) is 48.7 Å². The van der Waals surface area contributed by atoms with Gasteiger partial charge in [0.2, 0.25) is 5.95 Å². The van der Waals surface area contributed by atoms with Crippen LogP contribution in [0.4, 0.5) is 22.2 Å². The van der Waals surface area contributed by atoms with E-state index in [1.54, 1.807) is 12.3 Å². The average Bonchev–Trinajstić information content (AvgIpc) is 2.87. The van der Waals surface area contributed by atoms with E-state index >= 15 is 0 Å². The van der Waals surface area contributed by atoms with Gasteiger partial charge in [0.25, 0.3) is 0 Å². The van der Waals surface area contributed by atoms with Crippen LogP contribution in [0, 0.1) is 0 Å². The van der Waals surface area contributed by atoms with Crippen molar-refractivity contribution in [2.75, 3.05) is 36.5 Å². The molecule has 5 N–H and O–H groups in total. The van der Waals surface area contributed by atoms with Crippen LogP contribution in [0.1, 0.15) is 25.7 Å². The van der Waals surface area contributed by atoms with Crippen LogP contribution in [-0.4, -0.2) is 64.3 Å². The Kier molecular flexibility index (Phi) is 6.79. The number of urea groups is 1. The first-order valence-electron chi connectivity index (χ1n) is 11.9. The average molecular weight is 462 g/mol. The molecule has 1 aromatic carbocycles. The summed E-state index contributed by atoms with van der Waals surface area (Å²) in [6.07, 6.45) is 5.45. The summed E-state index contributed by atoms with van der Waals surface area (Å²) in [5, 5.41) is 14.4. The zero-order valence-electron chi connectivity index (χ0n) is 19.2. The van der Waals surface area contributed by atoms with Gasteiger partial charge in [0.15, 0.2) is 5.65 Å². The predicted molar refractivity (Wildman–Crippen MR) is 133 cm³/mol.